The Morgan fingerprint density at radius 2 is 1.86 bits per heavy atom. The number of aliphatic hydroxyl groups excluding tert-OH is 3. The van der Waals surface area contributed by atoms with Gasteiger partial charge in [-0.3, -0.25) is 23.7 Å². The molecule has 1 aromatic rings. The van der Waals surface area contributed by atoms with Gasteiger partial charge in [0.1, 0.15) is 48.8 Å². The van der Waals surface area contributed by atoms with Crippen LogP contribution in [0.2, 0.25) is 0 Å². The number of nitrogens with zero attached hydrogens (tertiary/aromatic N) is 1. The monoisotopic (exact) mass is 528 g/mol. The average molecular weight is 528 g/mol. The molecule has 0 aromatic carbocycles. The number of aromatic amines is 1. The number of H-pyrrole nitrogens is 1. The quantitative estimate of drug-likeness (QED) is 0.135. The van der Waals surface area contributed by atoms with Gasteiger partial charge in [0.2, 0.25) is 0 Å². The second-order valence-corrected chi connectivity index (χ2v) is 8.98. The molecule has 198 valence electrons. The molecule has 2 saturated heterocycles. The molecule has 19 heteroatoms. The minimum Gasteiger partial charge on any atom is -0.480 e. The molecule has 10 atom stereocenters. The number of nitrogens with one attached hydrogen (secondary N) is 1. The third-order valence-corrected chi connectivity index (χ3v) is 5.95. The van der Waals surface area contributed by atoms with E-state index in [0.717, 1.165) is 16.8 Å². The van der Waals surface area contributed by atoms with Gasteiger partial charge in [0, 0.05) is 18.8 Å². The fraction of sp³-hybridized carbons (Fsp3) is 0.688. The van der Waals surface area contributed by atoms with E-state index in [4.69, 9.17) is 35.5 Å². The maximum atomic E-state index is 12.1. The molecule has 11 N–H and O–H groups in total. The van der Waals surface area contributed by atoms with Gasteiger partial charge in [-0.25, -0.2) is 9.36 Å². The van der Waals surface area contributed by atoms with Gasteiger partial charge in [0.15, 0.2) is 12.5 Å². The van der Waals surface area contributed by atoms with Crippen molar-refractivity contribution in [2.45, 2.75) is 61.3 Å². The lowest BCUT2D eigenvalue weighted by Crippen LogP contribution is -2.55. The number of nitrogens with two attached hydrogens (primary N) is 2. The van der Waals surface area contributed by atoms with Crippen molar-refractivity contribution < 1.29 is 58.3 Å². The summed E-state index contributed by atoms with van der Waals surface area (Å²) in [7, 11) is -5.11. The normalized spacial score (nSPS) is 35.2. The number of carboxylic acid groups (broad SMARTS) is 1. The SMILES string of the molecule is NC[C@H]1O[C@@H](O[C@H]([C@H]2O[C@@H](n3ccc(=O)[nH]c3=O)[C@H](O)[C@@H]2O)[C@H](N)C(=O)O)[C@H](O)[C@@H]1OP(=O)(O)O. The van der Waals surface area contributed by atoms with E-state index in [1.54, 1.807) is 0 Å². The van der Waals surface area contributed by atoms with Crippen molar-refractivity contribution in [1.82, 2.24) is 9.55 Å². The molecular formula is C16H25N4O14P. The van der Waals surface area contributed by atoms with E-state index in [9.17, 15) is 39.4 Å². The van der Waals surface area contributed by atoms with Crippen molar-refractivity contribution in [1.29, 1.82) is 0 Å². The standard InChI is InChI=1S/C16H25N4O14P/c17-3-4-10(34-35(28,29)30)9(24)15(31-4)33-11(6(18)14(25)26)12-7(22)8(23)13(32-12)20-2-1-5(21)19-16(20)27/h1-2,4,6-13,15,22-24H,3,17-18H2,(H,25,26)(H,19,21,27)(H2,28,29,30)/t4-,6+,7+,8-,9-,10-,11+,12+,13-,15+/m1/s1. The fourth-order valence-electron chi connectivity index (χ4n) is 3.77. The van der Waals surface area contributed by atoms with Gasteiger partial charge in [0.25, 0.3) is 5.56 Å². The van der Waals surface area contributed by atoms with Gasteiger partial charge >= 0.3 is 19.5 Å². The number of phosphoric acid groups is 1. The van der Waals surface area contributed by atoms with Gasteiger partial charge in [-0.15, -0.1) is 0 Å². The van der Waals surface area contributed by atoms with Crippen LogP contribution >= 0.6 is 7.82 Å². The van der Waals surface area contributed by atoms with Crippen LogP contribution in [-0.4, -0.2) is 107 Å². The van der Waals surface area contributed by atoms with Crippen LogP contribution in [0.4, 0.5) is 0 Å². The molecular weight excluding hydrogens is 503 g/mol. The third kappa shape index (κ3) is 5.85. The van der Waals surface area contributed by atoms with Crippen LogP contribution in [0.25, 0.3) is 0 Å². The Labute approximate surface area is 194 Å². The van der Waals surface area contributed by atoms with E-state index in [-0.39, 0.29) is 0 Å². The average Bonchev–Trinajstić information content (AvgIpc) is 3.21. The number of aromatic nitrogens is 2. The van der Waals surface area contributed by atoms with Crippen molar-refractivity contribution in [3.63, 3.8) is 0 Å². The first-order chi connectivity index (χ1) is 16.2. The predicted octanol–water partition coefficient (Wildman–Crippen LogP) is -5.52. The van der Waals surface area contributed by atoms with Crippen molar-refractivity contribution >= 4 is 13.8 Å². The van der Waals surface area contributed by atoms with Crippen LogP contribution in [0, 0.1) is 0 Å². The Morgan fingerprint density at radius 1 is 1.20 bits per heavy atom. The summed E-state index contributed by atoms with van der Waals surface area (Å²) in [6.07, 6.45) is -14.6. The topological polar surface area (TPSA) is 299 Å². The first kappa shape index (κ1) is 27.5. The maximum Gasteiger partial charge on any atom is 0.470 e. The van der Waals surface area contributed by atoms with E-state index >= 15 is 0 Å². The molecule has 2 fully saturated rings. The highest BCUT2D eigenvalue weighted by Crippen LogP contribution is 2.42. The van der Waals surface area contributed by atoms with Crippen molar-refractivity contribution in [3.8, 4) is 0 Å². The number of hydrogen-bond acceptors (Lipinski definition) is 13. The Balaban J connectivity index is 1.88. The van der Waals surface area contributed by atoms with Gasteiger partial charge in [-0.1, -0.05) is 0 Å². The summed E-state index contributed by atoms with van der Waals surface area (Å²) in [4.78, 5) is 55.0. The Morgan fingerprint density at radius 3 is 2.40 bits per heavy atom. The lowest BCUT2D eigenvalue weighted by atomic mass is 9.99. The molecule has 18 nitrogen and oxygen atoms in total. The van der Waals surface area contributed by atoms with Crippen LogP contribution in [0.1, 0.15) is 6.23 Å². The molecule has 0 saturated carbocycles. The molecule has 0 bridgehead atoms. The number of aliphatic carboxylic acids is 1. The van der Waals surface area contributed by atoms with Crippen LogP contribution in [0.15, 0.2) is 21.9 Å². The van der Waals surface area contributed by atoms with E-state index < -0.39 is 92.9 Å². The number of ether oxygens (including phenoxy) is 3. The highest BCUT2D eigenvalue weighted by Gasteiger charge is 2.54. The molecule has 0 aliphatic carbocycles. The molecule has 35 heavy (non-hydrogen) atoms. The number of carbonyl (C=O) groups is 1. The van der Waals surface area contributed by atoms with Gasteiger partial charge < -0.3 is 55.9 Å². The number of hydrogen-bond donors (Lipinski definition) is 9. The van der Waals surface area contributed by atoms with Crippen molar-refractivity contribution in [3.05, 3.63) is 33.1 Å². The highest BCUT2D eigenvalue weighted by atomic mass is 31.2. The van der Waals surface area contributed by atoms with Crippen LogP contribution in [0.5, 0.6) is 0 Å². The number of carboxylic acids is 1. The van der Waals surface area contributed by atoms with Crippen molar-refractivity contribution in [2.24, 2.45) is 11.5 Å². The summed E-state index contributed by atoms with van der Waals surface area (Å²) in [5.74, 6) is -1.66. The van der Waals surface area contributed by atoms with Gasteiger partial charge in [0.05, 0.1) is 0 Å². The number of phosphoric ester groups is 1. The fourth-order valence-corrected chi connectivity index (χ4v) is 4.35. The first-order valence-corrected chi connectivity index (χ1v) is 11.5. The predicted molar refractivity (Wildman–Crippen MR) is 108 cm³/mol. The molecule has 0 spiro atoms. The Bertz CT molecular complexity index is 1070. The molecule has 1 aromatic heterocycles. The Kier molecular flexibility index (Phi) is 8.26. The summed E-state index contributed by atoms with van der Waals surface area (Å²) in [6, 6.07) is -1.02. The van der Waals surface area contributed by atoms with E-state index in [2.05, 4.69) is 4.52 Å². The summed E-state index contributed by atoms with van der Waals surface area (Å²) in [5, 5.41) is 40.8. The zero-order valence-corrected chi connectivity index (χ0v) is 18.5. The lowest BCUT2D eigenvalue weighted by molar-refractivity contribution is -0.226. The zero-order valence-electron chi connectivity index (χ0n) is 17.6. The second kappa shape index (κ2) is 10.5. The van der Waals surface area contributed by atoms with E-state index in [1.165, 1.54) is 0 Å². The smallest absolute Gasteiger partial charge is 0.470 e. The maximum absolute atomic E-state index is 12.1. The summed E-state index contributed by atoms with van der Waals surface area (Å²) in [5.41, 5.74) is 9.40. The molecule has 0 unspecified atom stereocenters. The Hall–Kier alpha value is -2.06. The van der Waals surface area contributed by atoms with Gasteiger partial charge in [-0.2, -0.15) is 0 Å². The van der Waals surface area contributed by atoms with Crippen LogP contribution in [0.3, 0.4) is 0 Å². The minimum absolute atomic E-state index is 0.393. The lowest BCUT2D eigenvalue weighted by Gasteiger charge is -2.31. The summed E-state index contributed by atoms with van der Waals surface area (Å²) >= 11 is 0. The second-order valence-electron chi connectivity index (χ2n) is 7.78. The molecule has 0 radical (unpaired) electrons. The third-order valence-electron chi connectivity index (χ3n) is 5.44. The number of rotatable bonds is 9. The highest BCUT2D eigenvalue weighted by molar-refractivity contribution is 7.46. The number of aliphatic hydroxyl groups is 3. The van der Waals surface area contributed by atoms with E-state index in [1.807, 2.05) is 4.98 Å². The summed E-state index contributed by atoms with van der Waals surface area (Å²) in [6.45, 7) is -0.393. The summed E-state index contributed by atoms with van der Waals surface area (Å²) < 4.78 is 32.7. The minimum atomic E-state index is -5.11. The largest absolute Gasteiger partial charge is 0.480 e. The molecule has 2 aliphatic rings. The molecule has 0 amide bonds. The van der Waals surface area contributed by atoms with E-state index in [0.29, 0.717) is 0 Å². The first-order valence-electron chi connectivity index (χ1n) is 9.99. The van der Waals surface area contributed by atoms with Crippen LogP contribution in [-0.2, 0) is 28.1 Å². The molecule has 3 rings (SSSR count). The van der Waals surface area contributed by atoms with Crippen LogP contribution < -0.4 is 22.7 Å². The molecule has 3 heterocycles. The van der Waals surface area contributed by atoms with Gasteiger partial charge in [-0.05, 0) is 0 Å². The zero-order chi connectivity index (χ0) is 26.2. The molecule has 2 aliphatic heterocycles. The van der Waals surface area contributed by atoms with Crippen molar-refractivity contribution in [2.75, 3.05) is 6.54 Å².